The van der Waals surface area contributed by atoms with Crippen LogP contribution in [0.15, 0.2) is 36.8 Å². The standard InChI is InChI=1S/C21H24FN5O/c1-26-8-7-14-17(26)6-4-13(21(14)28)16-10-24-19(11-23-16)27(2)18-9-12-3-5-15(25-12)20(18)22/h4,6-8,10-12,15,18,20,25,28H,3,5,9H2,1-2H3/t12?,15-,18+,20-/m0/s1. The van der Waals surface area contributed by atoms with Gasteiger partial charge < -0.3 is 19.9 Å². The van der Waals surface area contributed by atoms with Gasteiger partial charge in [-0.1, -0.05) is 0 Å². The number of piperidine rings is 1. The molecule has 2 bridgehead atoms. The molecule has 2 aliphatic rings. The van der Waals surface area contributed by atoms with Gasteiger partial charge in [0.1, 0.15) is 17.7 Å². The zero-order chi connectivity index (χ0) is 19.4. The molecule has 4 heterocycles. The van der Waals surface area contributed by atoms with Gasteiger partial charge in [-0.3, -0.25) is 4.98 Å². The van der Waals surface area contributed by atoms with Crippen LogP contribution in [0.25, 0.3) is 22.2 Å². The van der Waals surface area contributed by atoms with Crippen LogP contribution in [-0.4, -0.2) is 51.0 Å². The second-order valence-corrected chi connectivity index (χ2v) is 7.99. The number of halogens is 1. The van der Waals surface area contributed by atoms with Gasteiger partial charge in [-0.2, -0.15) is 0 Å². The van der Waals surface area contributed by atoms with E-state index in [1.54, 1.807) is 12.4 Å². The van der Waals surface area contributed by atoms with E-state index in [0.717, 1.165) is 30.2 Å². The molecule has 7 heteroatoms. The molecular weight excluding hydrogens is 357 g/mol. The third kappa shape index (κ3) is 2.64. The number of rotatable bonds is 3. The molecule has 3 aromatic rings. The normalized spacial score (nSPS) is 26.7. The van der Waals surface area contributed by atoms with E-state index < -0.39 is 6.17 Å². The second kappa shape index (κ2) is 6.44. The fraction of sp³-hybridized carbons (Fsp3) is 0.429. The highest BCUT2D eigenvalue weighted by molar-refractivity contribution is 5.92. The molecule has 2 N–H and O–H groups in total. The largest absolute Gasteiger partial charge is 0.507 e. The lowest BCUT2D eigenvalue weighted by atomic mass is 9.96. The van der Waals surface area contributed by atoms with Crippen molar-refractivity contribution in [3.8, 4) is 17.0 Å². The van der Waals surface area contributed by atoms with Crippen molar-refractivity contribution >= 4 is 16.7 Å². The molecule has 2 aliphatic heterocycles. The summed E-state index contributed by atoms with van der Waals surface area (Å²) in [5, 5.41) is 14.8. The molecule has 2 aromatic heterocycles. The first-order valence-electron chi connectivity index (χ1n) is 9.75. The zero-order valence-electron chi connectivity index (χ0n) is 16.0. The molecular formula is C21H24FN5O. The summed E-state index contributed by atoms with van der Waals surface area (Å²) in [5.41, 5.74) is 2.20. The number of phenols is 1. The number of aromatic nitrogens is 3. The van der Waals surface area contributed by atoms with Gasteiger partial charge in [0.2, 0.25) is 0 Å². The summed E-state index contributed by atoms with van der Waals surface area (Å²) in [7, 11) is 3.83. The maximum absolute atomic E-state index is 14.8. The highest BCUT2D eigenvalue weighted by Gasteiger charge is 2.43. The first-order chi connectivity index (χ1) is 13.5. The molecule has 5 rings (SSSR count). The molecule has 2 saturated heterocycles. The van der Waals surface area contributed by atoms with E-state index in [9.17, 15) is 9.50 Å². The van der Waals surface area contributed by atoms with Crippen molar-refractivity contribution in [3.05, 3.63) is 36.8 Å². The van der Waals surface area contributed by atoms with Crippen LogP contribution in [0.5, 0.6) is 5.75 Å². The van der Waals surface area contributed by atoms with E-state index in [1.165, 1.54) is 0 Å². The highest BCUT2D eigenvalue weighted by Crippen LogP contribution is 2.36. The van der Waals surface area contributed by atoms with Crippen LogP contribution < -0.4 is 10.2 Å². The lowest BCUT2D eigenvalue weighted by Gasteiger charge is -2.38. The van der Waals surface area contributed by atoms with E-state index in [4.69, 9.17) is 0 Å². The topological polar surface area (TPSA) is 66.2 Å². The van der Waals surface area contributed by atoms with E-state index in [-0.39, 0.29) is 17.8 Å². The second-order valence-electron chi connectivity index (χ2n) is 7.99. The number of fused-ring (bicyclic) bond motifs is 3. The first-order valence-corrected chi connectivity index (χ1v) is 9.75. The Labute approximate surface area is 163 Å². The Kier molecular flexibility index (Phi) is 4.01. The number of hydrogen-bond donors (Lipinski definition) is 2. The highest BCUT2D eigenvalue weighted by atomic mass is 19.1. The predicted octanol–water partition coefficient (Wildman–Crippen LogP) is 3.01. The summed E-state index contributed by atoms with van der Waals surface area (Å²) in [5.74, 6) is 0.852. The minimum absolute atomic E-state index is 0.0482. The lowest BCUT2D eigenvalue weighted by Crippen LogP contribution is -2.55. The fourth-order valence-corrected chi connectivity index (χ4v) is 4.70. The number of anilines is 1. The zero-order valence-corrected chi connectivity index (χ0v) is 16.0. The van der Waals surface area contributed by atoms with Crippen molar-refractivity contribution in [2.45, 2.75) is 43.6 Å². The first kappa shape index (κ1) is 17.4. The third-order valence-electron chi connectivity index (χ3n) is 6.37. The molecule has 28 heavy (non-hydrogen) atoms. The van der Waals surface area contributed by atoms with Crippen LogP contribution >= 0.6 is 0 Å². The van der Waals surface area contributed by atoms with Crippen LogP contribution in [0, 0.1) is 0 Å². The molecule has 0 saturated carbocycles. The Morgan fingerprint density at radius 3 is 2.86 bits per heavy atom. The van der Waals surface area contributed by atoms with Crippen LogP contribution in [0.1, 0.15) is 19.3 Å². The molecule has 4 atom stereocenters. The number of aryl methyl sites for hydroxylation is 1. The van der Waals surface area contributed by atoms with Gasteiger partial charge >= 0.3 is 0 Å². The number of benzene rings is 1. The maximum Gasteiger partial charge on any atom is 0.147 e. The smallest absolute Gasteiger partial charge is 0.147 e. The summed E-state index contributed by atoms with van der Waals surface area (Å²) in [6, 6.07) is 5.86. The average molecular weight is 381 g/mol. The summed E-state index contributed by atoms with van der Waals surface area (Å²) in [6.07, 6.45) is 7.05. The number of hydrogen-bond acceptors (Lipinski definition) is 5. The van der Waals surface area contributed by atoms with Gasteiger partial charge in [0.05, 0.1) is 29.6 Å². The SMILES string of the molecule is CN(c1cnc(-c2ccc3c(ccn3C)c2O)cn1)[C@@H]1CC2CC[C@H](N2)[C@@H]1F. The Morgan fingerprint density at radius 1 is 1.21 bits per heavy atom. The Hall–Kier alpha value is -2.67. The maximum atomic E-state index is 14.8. The van der Waals surface area contributed by atoms with Crippen molar-refractivity contribution in [1.82, 2.24) is 19.9 Å². The number of nitrogens with zero attached hydrogens (tertiary/aromatic N) is 4. The van der Waals surface area contributed by atoms with Gasteiger partial charge in [-0.25, -0.2) is 9.37 Å². The third-order valence-corrected chi connectivity index (χ3v) is 6.37. The van der Waals surface area contributed by atoms with Crippen LogP contribution in [0.3, 0.4) is 0 Å². The molecule has 0 amide bonds. The monoisotopic (exact) mass is 381 g/mol. The van der Waals surface area contributed by atoms with Crippen LogP contribution in [-0.2, 0) is 7.05 Å². The summed E-state index contributed by atoms with van der Waals surface area (Å²) >= 11 is 0. The van der Waals surface area contributed by atoms with Crippen molar-refractivity contribution in [2.24, 2.45) is 7.05 Å². The van der Waals surface area contributed by atoms with Gasteiger partial charge in [0.15, 0.2) is 0 Å². The number of phenolic OH excluding ortho intramolecular Hbond substituents is 1. The average Bonchev–Trinajstić information content (AvgIpc) is 3.29. The lowest BCUT2D eigenvalue weighted by molar-refractivity contribution is 0.176. The van der Waals surface area contributed by atoms with Gasteiger partial charge in [0, 0.05) is 43.3 Å². The van der Waals surface area contributed by atoms with E-state index >= 15 is 0 Å². The predicted molar refractivity (Wildman–Crippen MR) is 107 cm³/mol. The Balaban J connectivity index is 1.42. The minimum Gasteiger partial charge on any atom is -0.507 e. The van der Waals surface area contributed by atoms with Crippen molar-refractivity contribution < 1.29 is 9.50 Å². The van der Waals surface area contributed by atoms with Gasteiger partial charge in [0.25, 0.3) is 0 Å². The van der Waals surface area contributed by atoms with E-state index in [1.807, 2.05) is 48.0 Å². The summed E-state index contributed by atoms with van der Waals surface area (Å²) in [6.45, 7) is 0. The molecule has 1 aromatic carbocycles. The summed E-state index contributed by atoms with van der Waals surface area (Å²) in [4.78, 5) is 10.9. The Morgan fingerprint density at radius 2 is 2.07 bits per heavy atom. The van der Waals surface area contributed by atoms with E-state index in [2.05, 4.69) is 15.3 Å². The number of nitrogens with one attached hydrogen (secondary N) is 1. The van der Waals surface area contributed by atoms with E-state index in [0.29, 0.717) is 23.1 Å². The molecule has 1 unspecified atom stereocenters. The minimum atomic E-state index is -0.908. The molecule has 6 nitrogen and oxygen atoms in total. The van der Waals surface area contributed by atoms with Gasteiger partial charge in [-0.15, -0.1) is 0 Å². The van der Waals surface area contributed by atoms with Crippen LogP contribution in [0.4, 0.5) is 10.2 Å². The molecule has 0 aliphatic carbocycles. The number of aromatic hydroxyl groups is 1. The van der Waals surface area contributed by atoms with Crippen LogP contribution in [0.2, 0.25) is 0 Å². The number of alkyl halides is 1. The Bertz CT molecular complexity index is 1020. The quantitative estimate of drug-likeness (QED) is 0.730. The summed E-state index contributed by atoms with van der Waals surface area (Å²) < 4.78 is 16.8. The van der Waals surface area contributed by atoms with Gasteiger partial charge in [-0.05, 0) is 37.5 Å². The molecule has 0 radical (unpaired) electrons. The van der Waals surface area contributed by atoms with Crippen molar-refractivity contribution in [1.29, 1.82) is 0 Å². The van der Waals surface area contributed by atoms with Crippen molar-refractivity contribution in [3.63, 3.8) is 0 Å². The molecule has 2 fully saturated rings. The molecule has 146 valence electrons. The van der Waals surface area contributed by atoms with Crippen molar-refractivity contribution in [2.75, 3.05) is 11.9 Å². The molecule has 0 spiro atoms. The fourth-order valence-electron chi connectivity index (χ4n) is 4.70.